The molecule has 1 N–H and O–H groups in total. The summed E-state index contributed by atoms with van der Waals surface area (Å²) in [5.41, 5.74) is 0.675. The zero-order chi connectivity index (χ0) is 17.0. The largest absolute Gasteiger partial charge is 0.324 e. The van der Waals surface area contributed by atoms with Gasteiger partial charge in [-0.15, -0.1) is 0 Å². The lowest BCUT2D eigenvalue weighted by Gasteiger charge is -2.20. The molecule has 0 bridgehead atoms. The minimum Gasteiger partial charge on any atom is -0.324 e. The normalized spacial score (nSPS) is 10.3. The molecule has 0 heterocycles. The Morgan fingerprint density at radius 1 is 1.09 bits per heavy atom. The fraction of sp³-hybridized carbons (Fsp3) is 0.125. The van der Waals surface area contributed by atoms with Crippen LogP contribution in [-0.2, 0) is 9.59 Å². The molecule has 4 nitrogen and oxygen atoms in total. The minimum atomic E-state index is -1.06. The van der Waals surface area contributed by atoms with Gasteiger partial charge in [-0.25, -0.2) is 8.78 Å². The minimum absolute atomic E-state index is 0.119. The van der Waals surface area contributed by atoms with Crippen molar-refractivity contribution in [3.8, 4) is 0 Å². The summed E-state index contributed by atoms with van der Waals surface area (Å²) in [6, 6.07) is 9.92. The molecule has 2 aromatic carbocycles. The van der Waals surface area contributed by atoms with Gasteiger partial charge in [0.25, 0.3) is 0 Å². The zero-order valence-corrected chi connectivity index (χ0v) is 13.7. The quantitative estimate of drug-likeness (QED) is 0.875. The van der Waals surface area contributed by atoms with Crippen LogP contribution in [0.15, 0.2) is 46.9 Å². The van der Waals surface area contributed by atoms with Gasteiger partial charge in [0, 0.05) is 28.8 Å². The summed E-state index contributed by atoms with van der Waals surface area (Å²) in [7, 11) is 0. The number of carbonyl (C=O) groups is 2. The molecular weight excluding hydrogens is 370 g/mol. The second kappa shape index (κ2) is 7.32. The van der Waals surface area contributed by atoms with Crippen molar-refractivity contribution >= 4 is 39.1 Å². The maximum atomic E-state index is 13.1. The van der Waals surface area contributed by atoms with E-state index in [1.165, 1.54) is 17.9 Å². The molecule has 23 heavy (non-hydrogen) atoms. The second-order valence-corrected chi connectivity index (χ2v) is 5.67. The summed E-state index contributed by atoms with van der Waals surface area (Å²) in [5, 5.41) is 2.43. The van der Waals surface area contributed by atoms with Crippen molar-refractivity contribution in [2.24, 2.45) is 0 Å². The number of amides is 2. The highest BCUT2D eigenvalue weighted by atomic mass is 79.9. The van der Waals surface area contributed by atoms with E-state index in [1.807, 2.05) is 0 Å². The fourth-order valence-electron chi connectivity index (χ4n) is 1.92. The Hall–Kier alpha value is -2.28. The number of halogens is 3. The van der Waals surface area contributed by atoms with Gasteiger partial charge in [0.15, 0.2) is 11.6 Å². The lowest BCUT2D eigenvalue weighted by molar-refractivity contribution is -0.120. The van der Waals surface area contributed by atoms with E-state index in [2.05, 4.69) is 21.2 Å². The Balaban J connectivity index is 2.10. The maximum Gasteiger partial charge on any atom is 0.244 e. The molecule has 0 aliphatic heterocycles. The molecule has 120 valence electrons. The number of benzene rings is 2. The third kappa shape index (κ3) is 4.59. The third-order valence-corrected chi connectivity index (χ3v) is 3.55. The molecule has 0 saturated heterocycles. The molecule has 0 saturated carbocycles. The Morgan fingerprint density at radius 3 is 2.30 bits per heavy atom. The van der Waals surface area contributed by atoms with Crippen LogP contribution in [0.4, 0.5) is 20.2 Å². The van der Waals surface area contributed by atoms with Crippen LogP contribution in [0.2, 0.25) is 0 Å². The summed E-state index contributed by atoms with van der Waals surface area (Å²) in [6.07, 6.45) is 0. The van der Waals surface area contributed by atoms with Crippen molar-refractivity contribution in [1.29, 1.82) is 0 Å². The summed E-state index contributed by atoms with van der Waals surface area (Å²) in [4.78, 5) is 25.1. The monoisotopic (exact) mass is 382 g/mol. The molecule has 2 rings (SSSR count). The van der Waals surface area contributed by atoms with Crippen LogP contribution in [0.25, 0.3) is 0 Å². The maximum absolute atomic E-state index is 13.1. The Bertz CT molecular complexity index is 735. The Labute approximate surface area is 140 Å². The Morgan fingerprint density at radius 2 is 1.74 bits per heavy atom. The predicted molar refractivity (Wildman–Crippen MR) is 87.2 cm³/mol. The molecule has 0 radical (unpaired) electrons. The standard InChI is InChI=1S/C16H13BrF2N2O2/c1-10(22)21(13-5-2-11(17)3-6-13)9-16(23)20-12-4-7-14(18)15(19)8-12/h2-8H,9H2,1H3,(H,20,23). The van der Waals surface area contributed by atoms with Gasteiger partial charge in [0.05, 0.1) is 0 Å². The number of hydrogen-bond donors (Lipinski definition) is 1. The molecule has 0 fully saturated rings. The number of rotatable bonds is 4. The zero-order valence-electron chi connectivity index (χ0n) is 12.1. The molecule has 0 unspecified atom stereocenters. The van der Waals surface area contributed by atoms with Crippen LogP contribution in [0.1, 0.15) is 6.92 Å². The number of carbonyl (C=O) groups excluding carboxylic acids is 2. The Kier molecular flexibility index (Phi) is 5.44. The SMILES string of the molecule is CC(=O)N(CC(=O)Nc1ccc(F)c(F)c1)c1ccc(Br)cc1. The number of hydrogen-bond acceptors (Lipinski definition) is 2. The van der Waals surface area contributed by atoms with Gasteiger partial charge in [-0.1, -0.05) is 15.9 Å². The predicted octanol–water partition coefficient (Wildman–Crippen LogP) is 3.72. The van der Waals surface area contributed by atoms with Crippen LogP contribution in [-0.4, -0.2) is 18.4 Å². The van der Waals surface area contributed by atoms with Crippen molar-refractivity contribution in [3.05, 3.63) is 58.6 Å². The first-order valence-corrected chi connectivity index (χ1v) is 7.44. The van der Waals surface area contributed by atoms with Crippen LogP contribution in [0.3, 0.4) is 0 Å². The fourth-order valence-corrected chi connectivity index (χ4v) is 2.19. The summed E-state index contributed by atoms with van der Waals surface area (Å²) >= 11 is 3.29. The van der Waals surface area contributed by atoms with Gasteiger partial charge in [-0.05, 0) is 36.4 Å². The molecule has 2 aromatic rings. The molecule has 0 aliphatic carbocycles. The average molecular weight is 383 g/mol. The van der Waals surface area contributed by atoms with Gasteiger partial charge >= 0.3 is 0 Å². The molecule has 0 aliphatic rings. The second-order valence-electron chi connectivity index (χ2n) is 4.76. The van der Waals surface area contributed by atoms with E-state index in [0.717, 1.165) is 16.6 Å². The molecule has 0 atom stereocenters. The lowest BCUT2D eigenvalue weighted by atomic mass is 10.2. The smallest absolute Gasteiger partial charge is 0.244 e. The van der Waals surface area contributed by atoms with Crippen LogP contribution < -0.4 is 10.2 Å². The molecule has 7 heteroatoms. The summed E-state index contributed by atoms with van der Waals surface area (Å²) < 4.78 is 26.8. The van der Waals surface area contributed by atoms with E-state index in [-0.39, 0.29) is 18.1 Å². The first kappa shape index (κ1) is 17.1. The van der Waals surface area contributed by atoms with Crippen molar-refractivity contribution in [1.82, 2.24) is 0 Å². The van der Waals surface area contributed by atoms with Crippen molar-refractivity contribution < 1.29 is 18.4 Å². The number of anilines is 2. The van der Waals surface area contributed by atoms with E-state index in [4.69, 9.17) is 0 Å². The van der Waals surface area contributed by atoms with Gasteiger partial charge in [0.1, 0.15) is 6.54 Å². The van der Waals surface area contributed by atoms with Crippen LogP contribution in [0, 0.1) is 11.6 Å². The van der Waals surface area contributed by atoms with Crippen molar-refractivity contribution in [3.63, 3.8) is 0 Å². The first-order chi connectivity index (χ1) is 10.9. The van der Waals surface area contributed by atoms with Crippen molar-refractivity contribution in [2.45, 2.75) is 6.92 Å². The van der Waals surface area contributed by atoms with Gasteiger partial charge in [-0.3, -0.25) is 9.59 Å². The molecule has 0 spiro atoms. The van der Waals surface area contributed by atoms with E-state index in [1.54, 1.807) is 24.3 Å². The van der Waals surface area contributed by atoms with E-state index < -0.39 is 17.5 Å². The number of nitrogens with one attached hydrogen (secondary N) is 1. The van der Waals surface area contributed by atoms with E-state index in [0.29, 0.717) is 5.69 Å². The highest BCUT2D eigenvalue weighted by molar-refractivity contribution is 9.10. The summed E-state index contributed by atoms with van der Waals surface area (Å²) in [5.74, 6) is -2.88. The van der Waals surface area contributed by atoms with Gasteiger partial charge in [0.2, 0.25) is 11.8 Å². The average Bonchev–Trinajstić information content (AvgIpc) is 2.49. The third-order valence-electron chi connectivity index (χ3n) is 3.02. The van der Waals surface area contributed by atoms with Crippen molar-refractivity contribution in [2.75, 3.05) is 16.8 Å². The topological polar surface area (TPSA) is 49.4 Å². The molecule has 2 amide bonds. The molecular formula is C16H13BrF2N2O2. The first-order valence-electron chi connectivity index (χ1n) is 6.65. The highest BCUT2D eigenvalue weighted by Gasteiger charge is 2.16. The highest BCUT2D eigenvalue weighted by Crippen LogP contribution is 2.19. The number of nitrogens with zero attached hydrogens (tertiary/aromatic N) is 1. The summed E-state index contributed by atoms with van der Waals surface area (Å²) in [6.45, 7) is 1.10. The molecule has 0 aromatic heterocycles. The van der Waals surface area contributed by atoms with Crippen LogP contribution in [0.5, 0.6) is 0 Å². The van der Waals surface area contributed by atoms with Crippen LogP contribution >= 0.6 is 15.9 Å². The van der Waals surface area contributed by atoms with Gasteiger partial charge < -0.3 is 10.2 Å². The van der Waals surface area contributed by atoms with E-state index >= 15 is 0 Å². The van der Waals surface area contributed by atoms with Gasteiger partial charge in [-0.2, -0.15) is 0 Å². The van der Waals surface area contributed by atoms with E-state index in [9.17, 15) is 18.4 Å². The lowest BCUT2D eigenvalue weighted by Crippen LogP contribution is -2.36.